The van der Waals surface area contributed by atoms with Crippen LogP contribution in [0.5, 0.6) is 0 Å². The summed E-state index contributed by atoms with van der Waals surface area (Å²) in [6.45, 7) is 2.51. The minimum absolute atomic E-state index is 0.107. The number of carbonyl (C=O) groups is 2. The monoisotopic (exact) mass is 405 g/mol. The quantitative estimate of drug-likeness (QED) is 0.802. The summed E-state index contributed by atoms with van der Waals surface area (Å²) in [6, 6.07) is 9.25. The molecule has 29 heavy (non-hydrogen) atoms. The Kier molecular flexibility index (Phi) is 6.87. The summed E-state index contributed by atoms with van der Waals surface area (Å²) in [5.74, 6) is -2.80. The molecule has 1 fully saturated rings. The van der Waals surface area contributed by atoms with Gasteiger partial charge in [-0.25, -0.2) is 13.2 Å². The van der Waals surface area contributed by atoms with Gasteiger partial charge in [0.15, 0.2) is 11.6 Å². The van der Waals surface area contributed by atoms with E-state index < -0.39 is 11.6 Å². The molecule has 5 nitrogen and oxygen atoms in total. The van der Waals surface area contributed by atoms with Crippen molar-refractivity contribution in [1.29, 1.82) is 0 Å². The van der Waals surface area contributed by atoms with E-state index >= 15 is 0 Å². The molecule has 0 aliphatic carbocycles. The van der Waals surface area contributed by atoms with Crippen LogP contribution in [0.2, 0.25) is 0 Å². The molecule has 2 amide bonds. The molecule has 8 heteroatoms. The van der Waals surface area contributed by atoms with Crippen molar-refractivity contribution < 1.29 is 22.8 Å². The lowest BCUT2D eigenvalue weighted by Gasteiger charge is -2.34. The van der Waals surface area contributed by atoms with Gasteiger partial charge in [0.1, 0.15) is 5.82 Å². The van der Waals surface area contributed by atoms with Crippen LogP contribution in [0.3, 0.4) is 0 Å². The second-order valence-electron chi connectivity index (χ2n) is 6.92. The number of nitrogens with zero attached hydrogens (tertiary/aromatic N) is 2. The molecule has 1 saturated heterocycles. The first-order valence-electron chi connectivity index (χ1n) is 9.40. The van der Waals surface area contributed by atoms with Crippen LogP contribution >= 0.6 is 0 Å². The average molecular weight is 405 g/mol. The van der Waals surface area contributed by atoms with E-state index in [1.807, 2.05) is 4.90 Å². The van der Waals surface area contributed by atoms with Crippen LogP contribution in [0.4, 0.5) is 13.2 Å². The Morgan fingerprint density at radius 1 is 0.897 bits per heavy atom. The van der Waals surface area contributed by atoms with Gasteiger partial charge in [0.05, 0.1) is 6.54 Å². The topological polar surface area (TPSA) is 52.7 Å². The number of carbonyl (C=O) groups excluding carboxylic acids is 2. The zero-order chi connectivity index (χ0) is 20.8. The SMILES string of the molecule is O=C(CN1CCN(C(=O)c2ccc(F)c(F)c2)CC1)NCCc1ccc(F)cc1. The molecule has 0 unspecified atom stereocenters. The maximum Gasteiger partial charge on any atom is 0.254 e. The Bertz CT molecular complexity index is 866. The fourth-order valence-electron chi connectivity index (χ4n) is 3.18. The van der Waals surface area contributed by atoms with Crippen molar-refractivity contribution in [3.8, 4) is 0 Å². The molecule has 2 aromatic carbocycles. The number of benzene rings is 2. The lowest BCUT2D eigenvalue weighted by atomic mass is 10.1. The van der Waals surface area contributed by atoms with Gasteiger partial charge < -0.3 is 10.2 Å². The highest BCUT2D eigenvalue weighted by Crippen LogP contribution is 2.13. The number of amides is 2. The van der Waals surface area contributed by atoms with Gasteiger partial charge in [0, 0.05) is 38.3 Å². The molecule has 154 valence electrons. The van der Waals surface area contributed by atoms with Gasteiger partial charge in [0.2, 0.25) is 5.91 Å². The number of rotatable bonds is 6. The summed E-state index contributed by atoms with van der Waals surface area (Å²) in [5.41, 5.74) is 1.05. The number of nitrogens with one attached hydrogen (secondary N) is 1. The van der Waals surface area contributed by atoms with E-state index in [1.165, 1.54) is 18.2 Å². The lowest BCUT2D eigenvalue weighted by Crippen LogP contribution is -2.51. The van der Waals surface area contributed by atoms with Gasteiger partial charge in [-0.3, -0.25) is 14.5 Å². The first-order valence-corrected chi connectivity index (χ1v) is 9.40. The van der Waals surface area contributed by atoms with Gasteiger partial charge in [0.25, 0.3) is 5.91 Å². The van der Waals surface area contributed by atoms with Crippen molar-refractivity contribution in [2.75, 3.05) is 39.3 Å². The molecule has 1 aliphatic heterocycles. The molecule has 2 aromatic rings. The van der Waals surface area contributed by atoms with Crippen LogP contribution in [0.1, 0.15) is 15.9 Å². The van der Waals surface area contributed by atoms with Crippen LogP contribution in [0.25, 0.3) is 0 Å². The van der Waals surface area contributed by atoms with Crippen molar-refractivity contribution in [1.82, 2.24) is 15.1 Å². The van der Waals surface area contributed by atoms with Gasteiger partial charge in [-0.05, 0) is 42.3 Å². The van der Waals surface area contributed by atoms with E-state index in [2.05, 4.69) is 5.32 Å². The van der Waals surface area contributed by atoms with Gasteiger partial charge >= 0.3 is 0 Å². The summed E-state index contributed by atoms with van der Waals surface area (Å²) in [7, 11) is 0. The predicted molar refractivity (Wildman–Crippen MR) is 102 cm³/mol. The summed E-state index contributed by atoms with van der Waals surface area (Å²) >= 11 is 0. The maximum absolute atomic E-state index is 13.3. The number of halogens is 3. The summed E-state index contributed by atoms with van der Waals surface area (Å²) in [5, 5.41) is 2.83. The van der Waals surface area contributed by atoms with Crippen molar-refractivity contribution in [3.63, 3.8) is 0 Å². The molecule has 1 aliphatic rings. The molecule has 0 saturated carbocycles. The van der Waals surface area contributed by atoms with E-state index in [0.29, 0.717) is 39.1 Å². The fraction of sp³-hybridized carbons (Fsp3) is 0.333. The zero-order valence-corrected chi connectivity index (χ0v) is 15.8. The van der Waals surface area contributed by atoms with E-state index in [4.69, 9.17) is 0 Å². The molecular formula is C21H22F3N3O2. The molecule has 1 N–H and O–H groups in total. The van der Waals surface area contributed by atoms with E-state index in [9.17, 15) is 22.8 Å². The lowest BCUT2D eigenvalue weighted by molar-refractivity contribution is -0.122. The standard InChI is InChI=1S/C21H22F3N3O2/c22-17-4-1-15(2-5-17)7-8-25-20(28)14-26-9-11-27(12-10-26)21(29)16-3-6-18(23)19(24)13-16/h1-6,13H,7-12,14H2,(H,25,28). The summed E-state index contributed by atoms with van der Waals surface area (Å²) < 4.78 is 39.2. The largest absolute Gasteiger partial charge is 0.355 e. The average Bonchev–Trinajstić information content (AvgIpc) is 2.71. The maximum atomic E-state index is 13.3. The molecule has 0 aromatic heterocycles. The number of hydrogen-bond donors (Lipinski definition) is 1. The van der Waals surface area contributed by atoms with E-state index in [-0.39, 0.29) is 29.7 Å². The number of piperazine rings is 1. The normalized spacial score (nSPS) is 14.7. The highest BCUT2D eigenvalue weighted by atomic mass is 19.2. The van der Waals surface area contributed by atoms with Gasteiger partial charge in [-0.1, -0.05) is 12.1 Å². The van der Waals surface area contributed by atoms with Crippen LogP contribution in [-0.2, 0) is 11.2 Å². The van der Waals surface area contributed by atoms with Gasteiger partial charge in [-0.15, -0.1) is 0 Å². The zero-order valence-electron chi connectivity index (χ0n) is 15.8. The van der Waals surface area contributed by atoms with Crippen molar-refractivity contribution >= 4 is 11.8 Å². The molecule has 0 spiro atoms. The predicted octanol–water partition coefficient (Wildman–Crippen LogP) is 2.22. The van der Waals surface area contributed by atoms with E-state index in [1.54, 1.807) is 17.0 Å². The third-order valence-electron chi connectivity index (χ3n) is 4.84. The molecule has 0 radical (unpaired) electrons. The van der Waals surface area contributed by atoms with Crippen LogP contribution in [0.15, 0.2) is 42.5 Å². The second-order valence-corrected chi connectivity index (χ2v) is 6.92. The minimum atomic E-state index is -1.05. The molecule has 3 rings (SSSR count). The highest BCUT2D eigenvalue weighted by Gasteiger charge is 2.23. The Labute approximate surface area is 167 Å². The Morgan fingerprint density at radius 3 is 2.24 bits per heavy atom. The van der Waals surface area contributed by atoms with Crippen LogP contribution in [-0.4, -0.2) is 60.9 Å². The number of hydrogen-bond acceptors (Lipinski definition) is 3. The van der Waals surface area contributed by atoms with Crippen LogP contribution in [0, 0.1) is 17.5 Å². The molecular weight excluding hydrogens is 383 g/mol. The first kappa shape index (κ1) is 20.9. The molecule has 0 bridgehead atoms. The third kappa shape index (κ3) is 5.80. The summed E-state index contributed by atoms with van der Waals surface area (Å²) in [6.07, 6.45) is 0.614. The second kappa shape index (κ2) is 9.56. The van der Waals surface area contributed by atoms with Crippen LogP contribution < -0.4 is 5.32 Å². The van der Waals surface area contributed by atoms with Crippen molar-refractivity contribution in [2.45, 2.75) is 6.42 Å². The highest BCUT2D eigenvalue weighted by molar-refractivity contribution is 5.94. The summed E-state index contributed by atoms with van der Waals surface area (Å²) in [4.78, 5) is 28.0. The Balaban J connectivity index is 1.39. The van der Waals surface area contributed by atoms with Gasteiger partial charge in [-0.2, -0.15) is 0 Å². The van der Waals surface area contributed by atoms with E-state index in [0.717, 1.165) is 17.7 Å². The minimum Gasteiger partial charge on any atom is -0.355 e. The fourth-order valence-corrected chi connectivity index (χ4v) is 3.18. The third-order valence-corrected chi connectivity index (χ3v) is 4.84. The first-order chi connectivity index (χ1) is 13.9. The Morgan fingerprint density at radius 2 is 1.59 bits per heavy atom. The molecule has 1 heterocycles. The van der Waals surface area contributed by atoms with Crippen molar-refractivity contribution in [3.05, 3.63) is 71.0 Å². The van der Waals surface area contributed by atoms with Crippen molar-refractivity contribution in [2.24, 2.45) is 0 Å². The molecule has 0 atom stereocenters. The smallest absolute Gasteiger partial charge is 0.254 e. The Hall–Kier alpha value is -2.87.